The molecule has 18 nitrogen and oxygen atoms in total. The second kappa shape index (κ2) is 35.2. The van der Waals surface area contributed by atoms with Gasteiger partial charge in [-0.3, -0.25) is 43.7 Å². The number of hydrogen-bond acceptors (Lipinski definition) is 14. The molecule has 24 heteroatoms. The molecule has 9 atom stereocenters. The summed E-state index contributed by atoms with van der Waals surface area (Å²) in [6, 6.07) is 28.9. The first kappa shape index (κ1) is 71.4. The average molecular weight is 1380 g/mol. The molecule has 4 aromatic rings. The van der Waals surface area contributed by atoms with Crippen molar-refractivity contribution in [3.63, 3.8) is 0 Å². The minimum absolute atomic E-state index is 0.129. The maximum Gasteiger partial charge on any atom is 0.290 e. The molecular formula is C67H89Cl6N9O9. The van der Waals surface area contributed by atoms with Crippen molar-refractivity contribution in [1.29, 1.82) is 0 Å². The number of aliphatic hydroxyl groups is 1. The molecule has 9 saturated heterocycles. The third kappa shape index (κ3) is 18.4. The fraction of sp³-hybridized carbons (Fsp3) is 0.582. The van der Waals surface area contributed by atoms with Crippen LogP contribution in [0.15, 0.2) is 84.9 Å². The highest BCUT2D eigenvalue weighted by Gasteiger charge is 2.50. The lowest BCUT2D eigenvalue weighted by atomic mass is 9.90. The fourth-order valence-electron chi connectivity index (χ4n) is 15.0. The van der Waals surface area contributed by atoms with Crippen LogP contribution in [0.25, 0.3) is 0 Å². The lowest BCUT2D eigenvalue weighted by Crippen LogP contribution is -2.71. The highest BCUT2D eigenvalue weighted by Crippen LogP contribution is 2.34. The fourth-order valence-corrected chi connectivity index (χ4v) is 15.9. The number of nitrogens with one attached hydrogen (secondary N) is 1. The molecule has 91 heavy (non-hydrogen) atoms. The Morgan fingerprint density at radius 3 is 1.27 bits per heavy atom. The van der Waals surface area contributed by atoms with Gasteiger partial charge >= 0.3 is 0 Å². The van der Waals surface area contributed by atoms with Crippen LogP contribution in [0.5, 0.6) is 0 Å². The van der Waals surface area contributed by atoms with E-state index in [9.17, 15) is 14.4 Å². The van der Waals surface area contributed by atoms with Crippen molar-refractivity contribution < 1.29 is 43.6 Å². The summed E-state index contributed by atoms with van der Waals surface area (Å²) in [5, 5.41) is 20.5. The number of benzene rings is 4. The van der Waals surface area contributed by atoms with E-state index in [4.69, 9.17) is 98.8 Å². The minimum atomic E-state index is -0.250. The zero-order chi connectivity index (χ0) is 64.6. The van der Waals surface area contributed by atoms with Crippen molar-refractivity contribution in [2.45, 2.75) is 119 Å². The molecule has 0 aliphatic carbocycles. The molecule has 3 N–H and O–H groups in total. The molecule has 4 aromatic carbocycles. The Hall–Kier alpha value is -3.90. The van der Waals surface area contributed by atoms with Gasteiger partial charge in [-0.05, 0) is 143 Å². The van der Waals surface area contributed by atoms with Crippen LogP contribution < -0.4 is 5.32 Å². The van der Waals surface area contributed by atoms with Gasteiger partial charge in [0, 0.05) is 52.9 Å². The quantitative estimate of drug-likeness (QED) is 0.123. The number of piperazine rings is 3. The van der Waals surface area contributed by atoms with E-state index in [1.165, 1.54) is 44.1 Å². The normalized spacial score (nSPS) is 27.0. The minimum Gasteiger partial charge on any atom is -0.483 e. The number of carboxylic acid groups (broad SMARTS) is 1. The van der Waals surface area contributed by atoms with Gasteiger partial charge in [-0.2, -0.15) is 0 Å². The largest absolute Gasteiger partial charge is 0.483 e. The van der Waals surface area contributed by atoms with E-state index in [-0.39, 0.29) is 78.6 Å². The number of carbonyl (C=O) groups excluding carboxylic acids is 3. The highest BCUT2D eigenvalue weighted by atomic mass is 35.5. The van der Waals surface area contributed by atoms with Crippen LogP contribution in [0.1, 0.15) is 60.8 Å². The molecule has 9 fully saturated rings. The van der Waals surface area contributed by atoms with E-state index in [1.807, 2.05) is 24.3 Å². The monoisotopic (exact) mass is 1370 g/mol. The van der Waals surface area contributed by atoms with Crippen molar-refractivity contribution >= 4 is 93.8 Å². The van der Waals surface area contributed by atoms with E-state index in [0.29, 0.717) is 89.0 Å². The SMILES string of the molecule is CN1CCN(C(=O)Cc2ccc(Cl)c(Cl)c2)[C@H]2[C@H]1COC[C@@H]2N1CCCC1.CO.O=C(Cc1ccc(Cl)c(Cl)c1)N1CCN(Cc2ccccc2)[C@@H]2COC[C@H](N3CCCC3)[C@H]21.O=C(Cc1ccc(Cl)c(Cl)c1)N1CCN[C@@H]2COC[C@H](N3CCCC3)[C@H]21.O=CO. The lowest BCUT2D eigenvalue weighted by Gasteiger charge is -2.54. The standard InChI is InChI=1S/C26H31Cl2N3O2.C20H27Cl2N3O2.C19H25Cl2N3O2.CH2O2.CH4O/c27-21-9-8-20(14-22(21)28)15-25(32)31-13-12-30(16-19-6-2-1-3-7-19)24-18-33-17-23(26(24)31)29-10-4-5-11-29;1-23-8-9-25(19(26)11-14-4-5-15(21)16(22)10-14)20-17(23)12-27-13-18(20)24-6-2-3-7-24;20-14-4-3-13(9-15(14)21)10-18(25)24-8-5-22-16-11-26-12-17(19(16)24)23-6-1-2-7-23;2-1-3;1-2/h1-3,6-9,14,23-24,26H,4-5,10-13,15-18H2;4-5,10,17-18,20H,2-3,6-9,11-13H2,1H3;3-4,9,16-17,19,22H,1-2,5-8,10-12H2;1H,(H,2,3);2H,1H3/t23-,24+,26+;17-,18+,20+;16-,17+,19+;;/m011../s1. The molecule has 9 aliphatic heterocycles. The number of likely N-dealkylation sites (tertiary alicyclic amines) is 3. The Kier molecular flexibility index (Phi) is 27.6. The molecule has 0 aromatic heterocycles. The third-order valence-corrected chi connectivity index (χ3v) is 21.6. The van der Waals surface area contributed by atoms with Gasteiger partial charge in [0.25, 0.3) is 6.47 Å². The second-order valence-electron chi connectivity index (χ2n) is 24.8. The Morgan fingerprint density at radius 2 is 0.835 bits per heavy atom. The van der Waals surface area contributed by atoms with E-state index < -0.39 is 0 Å². The van der Waals surface area contributed by atoms with E-state index >= 15 is 0 Å². The maximum absolute atomic E-state index is 13.6. The Morgan fingerprint density at radius 1 is 0.462 bits per heavy atom. The summed E-state index contributed by atoms with van der Waals surface area (Å²) in [6.07, 6.45) is 8.44. The van der Waals surface area contributed by atoms with Gasteiger partial charge in [0.05, 0.1) is 143 Å². The van der Waals surface area contributed by atoms with Crippen molar-refractivity contribution in [2.75, 3.05) is 132 Å². The first-order valence-electron chi connectivity index (χ1n) is 32.1. The molecule has 0 unspecified atom stereocenters. The Bertz CT molecular complexity index is 3000. The summed E-state index contributed by atoms with van der Waals surface area (Å²) >= 11 is 36.5. The lowest BCUT2D eigenvalue weighted by molar-refractivity contribution is -0.153. The summed E-state index contributed by atoms with van der Waals surface area (Å²) < 4.78 is 18.0. The molecule has 9 aliphatic rings. The van der Waals surface area contributed by atoms with Crippen LogP contribution >= 0.6 is 69.6 Å². The number of hydrogen-bond donors (Lipinski definition) is 3. The van der Waals surface area contributed by atoms with Crippen molar-refractivity contribution in [3.8, 4) is 0 Å². The molecule has 498 valence electrons. The molecule has 0 bridgehead atoms. The summed E-state index contributed by atoms with van der Waals surface area (Å²) in [5.41, 5.74) is 4.02. The number of likely N-dealkylation sites (N-methyl/N-ethyl adjacent to an activating group) is 1. The molecule has 0 radical (unpaired) electrons. The summed E-state index contributed by atoms with van der Waals surface area (Å²) in [5.74, 6) is 0.488. The topological polar surface area (TPSA) is 174 Å². The number of ether oxygens (including phenoxy) is 3. The van der Waals surface area contributed by atoms with Crippen LogP contribution in [-0.2, 0) is 59.2 Å². The van der Waals surface area contributed by atoms with Gasteiger partial charge in [0.1, 0.15) is 0 Å². The maximum atomic E-state index is 13.6. The smallest absolute Gasteiger partial charge is 0.290 e. The van der Waals surface area contributed by atoms with E-state index in [2.05, 4.69) is 81.9 Å². The summed E-state index contributed by atoms with van der Waals surface area (Å²) in [7, 11) is 3.15. The second-order valence-corrected chi connectivity index (χ2v) is 27.2. The van der Waals surface area contributed by atoms with Crippen molar-refractivity contribution in [1.82, 2.24) is 44.5 Å². The summed E-state index contributed by atoms with van der Waals surface area (Å²) in [6.45, 7) is 16.2. The van der Waals surface area contributed by atoms with Gasteiger partial charge < -0.3 is 44.4 Å². The molecule has 3 amide bonds. The first-order chi connectivity index (χ1) is 44.2. The van der Waals surface area contributed by atoms with E-state index in [0.717, 1.165) is 109 Å². The van der Waals surface area contributed by atoms with Gasteiger partial charge in [0.15, 0.2) is 0 Å². The average Bonchev–Trinajstić information content (AvgIpc) is 1.75. The van der Waals surface area contributed by atoms with Gasteiger partial charge in [-0.15, -0.1) is 0 Å². The molecule has 13 rings (SSSR count). The number of halogens is 6. The predicted octanol–water partition coefficient (Wildman–Crippen LogP) is 8.16. The number of nitrogens with zero attached hydrogens (tertiary/aromatic N) is 8. The first-order valence-corrected chi connectivity index (χ1v) is 34.4. The van der Waals surface area contributed by atoms with Gasteiger partial charge in [-0.25, -0.2) is 0 Å². The van der Waals surface area contributed by atoms with Gasteiger partial charge in [-0.1, -0.05) is 118 Å². The van der Waals surface area contributed by atoms with Crippen LogP contribution in [0, 0.1) is 0 Å². The van der Waals surface area contributed by atoms with E-state index in [1.54, 1.807) is 30.3 Å². The van der Waals surface area contributed by atoms with Crippen LogP contribution in [0.4, 0.5) is 0 Å². The number of aliphatic hydroxyl groups excluding tert-OH is 1. The molecular weight excluding hydrogens is 1290 g/mol. The third-order valence-electron chi connectivity index (χ3n) is 19.4. The number of fused-ring (bicyclic) bond motifs is 3. The number of carbonyl (C=O) groups is 4. The Labute approximate surface area is 566 Å². The Balaban J connectivity index is 0.000000157. The summed E-state index contributed by atoms with van der Waals surface area (Å²) in [4.78, 5) is 67.2. The predicted molar refractivity (Wildman–Crippen MR) is 359 cm³/mol. The van der Waals surface area contributed by atoms with Crippen LogP contribution in [0.2, 0.25) is 30.1 Å². The zero-order valence-corrected chi connectivity index (χ0v) is 56.8. The van der Waals surface area contributed by atoms with Gasteiger partial charge in [0.2, 0.25) is 17.7 Å². The number of amides is 3. The molecule has 0 spiro atoms. The number of rotatable bonds is 11. The van der Waals surface area contributed by atoms with Crippen molar-refractivity contribution in [3.05, 3.63) is 137 Å². The van der Waals surface area contributed by atoms with Crippen molar-refractivity contribution in [2.24, 2.45) is 0 Å². The molecule has 9 heterocycles. The molecule has 0 saturated carbocycles. The highest BCUT2D eigenvalue weighted by molar-refractivity contribution is 6.43. The van der Waals surface area contributed by atoms with Crippen LogP contribution in [-0.4, -0.2) is 260 Å². The van der Waals surface area contributed by atoms with Crippen LogP contribution in [0.3, 0.4) is 0 Å². The zero-order valence-electron chi connectivity index (χ0n) is 52.3.